The minimum atomic E-state index is -0.268. The summed E-state index contributed by atoms with van der Waals surface area (Å²) in [4.78, 5) is 1.52. The van der Waals surface area contributed by atoms with Crippen LogP contribution in [0.15, 0.2) is 0 Å². The van der Waals surface area contributed by atoms with Crippen molar-refractivity contribution in [2.75, 3.05) is 0 Å². The minimum Gasteiger partial charge on any atom is -0.198 e. The highest BCUT2D eigenvalue weighted by atomic mass is 15.6. The topological polar surface area (TPSA) is 67.4 Å². The first-order valence-corrected chi connectivity index (χ1v) is 3.95. The monoisotopic (exact) mass is 165 g/mol. The van der Waals surface area contributed by atoms with Crippen LogP contribution < -0.4 is 0 Å². The largest absolute Gasteiger partial charge is 0.198 e. The maximum atomic E-state index is 8.56. The van der Waals surface area contributed by atoms with Crippen molar-refractivity contribution in [2.24, 2.45) is 0 Å². The quantitative estimate of drug-likeness (QED) is 0.661. The fraction of sp³-hybridized carbons (Fsp3) is 0.714. The average Bonchev–Trinajstić information content (AvgIpc) is 2.52. The van der Waals surface area contributed by atoms with Gasteiger partial charge in [-0.15, -0.1) is 10.2 Å². The van der Waals surface area contributed by atoms with Gasteiger partial charge >= 0.3 is 0 Å². The predicted octanol–water partition coefficient (Wildman–Crippen LogP) is 0.710. The van der Waals surface area contributed by atoms with Crippen molar-refractivity contribution < 1.29 is 0 Å². The number of hydrogen-bond donors (Lipinski definition) is 0. The van der Waals surface area contributed by atoms with Crippen molar-refractivity contribution in [2.45, 2.75) is 32.7 Å². The highest BCUT2D eigenvalue weighted by molar-refractivity contribution is 5.01. The van der Waals surface area contributed by atoms with Gasteiger partial charge in [-0.2, -0.15) is 10.1 Å². The Morgan fingerprint density at radius 1 is 1.67 bits per heavy atom. The summed E-state index contributed by atoms with van der Waals surface area (Å²) in [7, 11) is 0. The van der Waals surface area contributed by atoms with E-state index in [0.717, 1.165) is 13.0 Å². The van der Waals surface area contributed by atoms with Crippen LogP contribution in [0.25, 0.3) is 0 Å². The molecule has 0 radical (unpaired) electrons. The normalized spacial score (nSPS) is 12.4. The minimum absolute atomic E-state index is 0.268. The Labute approximate surface area is 71.0 Å². The Hall–Kier alpha value is -1.44. The van der Waals surface area contributed by atoms with Crippen LogP contribution in [0.3, 0.4) is 0 Å². The molecule has 0 fully saturated rings. The molecule has 0 spiro atoms. The maximum Gasteiger partial charge on any atom is 0.191 e. The van der Waals surface area contributed by atoms with Gasteiger partial charge in [0.25, 0.3) is 0 Å². The molecule has 0 amide bonds. The first-order chi connectivity index (χ1) is 5.77. The molecule has 0 aromatic carbocycles. The number of aryl methyl sites for hydroxylation is 1. The second kappa shape index (κ2) is 3.81. The Bertz CT molecular complexity index is 284. The number of rotatable bonds is 3. The summed E-state index contributed by atoms with van der Waals surface area (Å²) in [6.07, 6.45) is 0.969. The van der Waals surface area contributed by atoms with Gasteiger partial charge in [0.2, 0.25) is 0 Å². The molecule has 0 aliphatic rings. The van der Waals surface area contributed by atoms with E-state index in [1.165, 1.54) is 4.80 Å². The van der Waals surface area contributed by atoms with E-state index >= 15 is 0 Å². The standard InChI is InChI=1S/C7H11N5/c1-3-4-12-10-7(9-11-12)6(2)5-8/h6H,3-4H2,1-2H3. The summed E-state index contributed by atoms with van der Waals surface area (Å²) in [6, 6.07) is 2.06. The number of nitrogens with zero attached hydrogens (tertiary/aromatic N) is 5. The van der Waals surface area contributed by atoms with Crippen LogP contribution >= 0.6 is 0 Å². The fourth-order valence-corrected chi connectivity index (χ4v) is 0.781. The van der Waals surface area contributed by atoms with Gasteiger partial charge in [0.05, 0.1) is 12.6 Å². The van der Waals surface area contributed by atoms with E-state index in [1.807, 2.05) is 6.92 Å². The van der Waals surface area contributed by atoms with E-state index < -0.39 is 0 Å². The molecule has 0 N–H and O–H groups in total. The molecule has 12 heavy (non-hydrogen) atoms. The first kappa shape index (κ1) is 8.65. The molecule has 0 aliphatic carbocycles. The SMILES string of the molecule is CCCn1nnc(C(C)C#N)n1. The van der Waals surface area contributed by atoms with E-state index in [1.54, 1.807) is 6.92 Å². The summed E-state index contributed by atoms with van der Waals surface area (Å²) < 4.78 is 0. The Morgan fingerprint density at radius 3 is 3.00 bits per heavy atom. The van der Waals surface area contributed by atoms with Crippen LogP contribution in [0, 0.1) is 11.3 Å². The molecule has 1 rings (SSSR count). The zero-order chi connectivity index (χ0) is 8.97. The lowest BCUT2D eigenvalue weighted by molar-refractivity contribution is 0.512. The molecule has 1 unspecified atom stereocenters. The third-order valence-corrected chi connectivity index (χ3v) is 1.47. The van der Waals surface area contributed by atoms with Crippen LogP contribution in [-0.4, -0.2) is 20.2 Å². The van der Waals surface area contributed by atoms with Gasteiger partial charge in [-0.1, -0.05) is 6.92 Å². The van der Waals surface area contributed by atoms with E-state index in [4.69, 9.17) is 5.26 Å². The lowest BCUT2D eigenvalue weighted by Gasteiger charge is -1.92. The molecular formula is C7H11N5. The highest BCUT2D eigenvalue weighted by Gasteiger charge is 2.09. The van der Waals surface area contributed by atoms with Gasteiger partial charge in [-0.3, -0.25) is 0 Å². The van der Waals surface area contributed by atoms with E-state index in [9.17, 15) is 0 Å². The third kappa shape index (κ3) is 1.78. The number of hydrogen-bond acceptors (Lipinski definition) is 4. The van der Waals surface area contributed by atoms with Gasteiger partial charge in [-0.25, -0.2) is 0 Å². The molecule has 0 saturated carbocycles. The van der Waals surface area contributed by atoms with Gasteiger partial charge in [0, 0.05) is 0 Å². The predicted molar refractivity (Wildman–Crippen MR) is 42.1 cm³/mol. The third-order valence-electron chi connectivity index (χ3n) is 1.47. The number of aromatic nitrogens is 4. The molecule has 0 bridgehead atoms. The fourth-order valence-electron chi connectivity index (χ4n) is 0.781. The molecule has 0 saturated heterocycles. The number of nitriles is 1. The van der Waals surface area contributed by atoms with Gasteiger partial charge in [0.15, 0.2) is 5.82 Å². The lowest BCUT2D eigenvalue weighted by Crippen LogP contribution is -2.02. The van der Waals surface area contributed by atoms with Gasteiger partial charge in [-0.05, 0) is 18.6 Å². The molecule has 0 aliphatic heterocycles. The van der Waals surface area contributed by atoms with E-state index in [0.29, 0.717) is 5.82 Å². The smallest absolute Gasteiger partial charge is 0.191 e. The molecule has 1 aromatic heterocycles. The molecule has 5 heteroatoms. The van der Waals surface area contributed by atoms with Crippen LogP contribution in [0.2, 0.25) is 0 Å². The summed E-state index contributed by atoms with van der Waals surface area (Å²) in [6.45, 7) is 4.55. The van der Waals surface area contributed by atoms with Crippen LogP contribution in [0.5, 0.6) is 0 Å². The summed E-state index contributed by atoms with van der Waals surface area (Å²) in [5.74, 6) is 0.238. The molecule has 64 valence electrons. The molecule has 1 atom stereocenters. The summed E-state index contributed by atoms with van der Waals surface area (Å²) in [5.41, 5.74) is 0. The van der Waals surface area contributed by atoms with Gasteiger partial charge < -0.3 is 0 Å². The van der Waals surface area contributed by atoms with Crippen molar-refractivity contribution in [1.29, 1.82) is 5.26 Å². The lowest BCUT2D eigenvalue weighted by atomic mass is 10.2. The Kier molecular flexibility index (Phi) is 2.75. The van der Waals surface area contributed by atoms with Crippen molar-refractivity contribution in [3.63, 3.8) is 0 Å². The molecule has 1 heterocycles. The van der Waals surface area contributed by atoms with E-state index in [-0.39, 0.29) is 5.92 Å². The van der Waals surface area contributed by atoms with Crippen molar-refractivity contribution in [3.8, 4) is 6.07 Å². The maximum absolute atomic E-state index is 8.56. The average molecular weight is 165 g/mol. The van der Waals surface area contributed by atoms with Gasteiger partial charge in [0.1, 0.15) is 5.92 Å². The summed E-state index contributed by atoms with van der Waals surface area (Å²) in [5, 5.41) is 20.2. The molecule has 5 nitrogen and oxygen atoms in total. The molecular weight excluding hydrogens is 154 g/mol. The van der Waals surface area contributed by atoms with Crippen LogP contribution in [-0.2, 0) is 6.54 Å². The van der Waals surface area contributed by atoms with Crippen molar-refractivity contribution >= 4 is 0 Å². The Balaban J connectivity index is 2.71. The number of tetrazole rings is 1. The van der Waals surface area contributed by atoms with Crippen molar-refractivity contribution in [1.82, 2.24) is 20.2 Å². The second-order valence-electron chi connectivity index (χ2n) is 2.59. The van der Waals surface area contributed by atoms with Crippen LogP contribution in [0.4, 0.5) is 0 Å². The zero-order valence-corrected chi connectivity index (χ0v) is 7.23. The highest BCUT2D eigenvalue weighted by Crippen LogP contribution is 2.05. The first-order valence-electron chi connectivity index (χ1n) is 3.95. The Morgan fingerprint density at radius 2 is 2.42 bits per heavy atom. The second-order valence-corrected chi connectivity index (χ2v) is 2.59. The zero-order valence-electron chi connectivity index (χ0n) is 7.23. The van der Waals surface area contributed by atoms with E-state index in [2.05, 4.69) is 21.5 Å². The van der Waals surface area contributed by atoms with Crippen molar-refractivity contribution in [3.05, 3.63) is 5.82 Å². The summed E-state index contributed by atoms with van der Waals surface area (Å²) >= 11 is 0. The molecule has 1 aromatic rings. The van der Waals surface area contributed by atoms with Crippen LogP contribution in [0.1, 0.15) is 32.0 Å².